The van der Waals surface area contributed by atoms with Crippen molar-refractivity contribution >= 4 is 57.8 Å². The Morgan fingerprint density at radius 1 is 0.542 bits per heavy atom. The van der Waals surface area contributed by atoms with Crippen molar-refractivity contribution in [2.24, 2.45) is 0 Å². The molecule has 0 saturated carbocycles. The zero-order chi connectivity index (χ0) is 65.6. The van der Waals surface area contributed by atoms with Crippen LogP contribution in [0, 0.1) is 0 Å². The van der Waals surface area contributed by atoms with Crippen molar-refractivity contribution in [1.29, 1.82) is 0 Å². The summed E-state index contributed by atoms with van der Waals surface area (Å²) in [5, 5.41) is 2.68. The number of para-hydroxylation sites is 3. The molecular weight excluding hydrogens is 889 g/mol. The number of fused-ring (bicyclic) bond motifs is 4. The molecule has 5 heteroatoms. The Kier molecular flexibility index (Phi) is 7.21. The Hall–Kier alpha value is -8.25. The Morgan fingerprint density at radius 2 is 1.14 bits per heavy atom. The quantitative estimate of drug-likeness (QED) is 0.121. The van der Waals surface area contributed by atoms with E-state index in [0.717, 1.165) is 38.1 Å². The molecule has 0 fully saturated rings. The number of aromatic nitrogens is 2. The lowest BCUT2D eigenvalue weighted by molar-refractivity contribution is 0.639. The van der Waals surface area contributed by atoms with Crippen molar-refractivity contribution in [2.75, 3.05) is 16.5 Å². The molecule has 9 aromatic carbocycles. The average molecular weight is 966 g/mol. The number of nitrogens with zero attached hydrogens (tertiary/aromatic N) is 4. The van der Waals surface area contributed by atoms with Gasteiger partial charge in [0.25, 0.3) is 0 Å². The van der Waals surface area contributed by atoms with Gasteiger partial charge in [-0.25, -0.2) is 4.98 Å². The number of benzene rings is 9. The summed E-state index contributed by atoms with van der Waals surface area (Å²) < 4.78 is 178. The Bertz CT molecular complexity index is 4720. The second-order valence-corrected chi connectivity index (χ2v) is 24.4. The third-order valence-corrected chi connectivity index (χ3v) is 15.5. The monoisotopic (exact) mass is 966 g/mol. The summed E-state index contributed by atoms with van der Waals surface area (Å²) in [6.45, 7) is 10.4. The van der Waals surface area contributed by atoms with Gasteiger partial charge < -0.3 is 9.80 Å². The normalized spacial score (nSPS) is 16.7. The van der Waals surface area contributed by atoms with Gasteiger partial charge in [0.15, 0.2) is 0 Å². The SMILES string of the molecule is [2H]c1c([2H])c([2H])c(-c2c([2H])c(-c3c([2H])c([2H])c([2H])c([2H])c3[2H])c(N3CN(c4cc(C([2H])([2H])c5ccc6c7ccccc7n(-c7cc(C(C)(C)c8ccccc8)ccn7)c6c5)cc([Si](C)(C)C)c4)c4ccccc43)c(-c3c([2H])c([2H])c([2H])c([2H])c3[2H])c2[2H])c([2H])c1[2H]. The molecule has 1 aliphatic rings. The Labute approximate surface area is 451 Å². The predicted octanol–water partition coefficient (Wildman–Crippen LogP) is 16.9. The van der Waals surface area contributed by atoms with E-state index < -0.39 is 156 Å². The lowest BCUT2D eigenvalue weighted by Gasteiger charge is -2.29. The van der Waals surface area contributed by atoms with E-state index in [1.54, 1.807) is 42.6 Å². The first-order valence-electron chi connectivity index (χ1n) is 33.2. The molecule has 11 aromatic rings. The second-order valence-electron chi connectivity index (χ2n) is 19.3. The lowest BCUT2D eigenvalue weighted by Crippen LogP contribution is -2.38. The van der Waals surface area contributed by atoms with Gasteiger partial charge >= 0.3 is 0 Å². The number of hydrogen-bond acceptors (Lipinski definition) is 3. The van der Waals surface area contributed by atoms with Crippen LogP contribution in [0.4, 0.5) is 22.7 Å². The molecular formula is C67H58N4Si. The minimum atomic E-state index is -2.42. The smallest absolute Gasteiger partial charge is 0.137 e. The minimum absolute atomic E-state index is 0.287. The fourth-order valence-electron chi connectivity index (χ4n) is 9.72. The summed E-state index contributed by atoms with van der Waals surface area (Å²) in [5.41, 5.74) is 1.08. The Balaban J connectivity index is 1.10. The lowest BCUT2D eigenvalue weighted by atomic mass is 9.78. The Morgan fingerprint density at radius 3 is 1.81 bits per heavy atom. The molecule has 2 aromatic heterocycles. The maximum absolute atomic E-state index is 10.3. The molecule has 0 spiro atoms. The molecule has 0 radical (unpaired) electrons. The summed E-state index contributed by atoms with van der Waals surface area (Å²) in [6.07, 6.45) is -0.407. The van der Waals surface area contributed by atoms with Crippen LogP contribution in [0.2, 0.25) is 19.6 Å². The van der Waals surface area contributed by atoms with Crippen LogP contribution < -0.4 is 15.0 Å². The van der Waals surface area contributed by atoms with E-state index in [0.29, 0.717) is 28.4 Å². The van der Waals surface area contributed by atoms with Crippen molar-refractivity contribution in [2.45, 2.75) is 45.3 Å². The van der Waals surface area contributed by atoms with Crippen molar-refractivity contribution in [3.05, 3.63) is 259 Å². The zero-order valence-corrected chi connectivity index (χ0v) is 41.2. The van der Waals surface area contributed by atoms with Gasteiger partial charge in [0.05, 0.1) is 59.5 Å². The van der Waals surface area contributed by atoms with Gasteiger partial charge in [-0.05, 0) is 111 Å². The van der Waals surface area contributed by atoms with Crippen LogP contribution in [0.25, 0.3) is 61.0 Å². The van der Waals surface area contributed by atoms with Gasteiger partial charge in [-0.1, -0.05) is 208 Å². The van der Waals surface area contributed by atoms with E-state index in [-0.39, 0.29) is 17.9 Å². The van der Waals surface area contributed by atoms with Gasteiger partial charge in [-0.15, -0.1) is 0 Å². The highest BCUT2D eigenvalue weighted by atomic mass is 28.3. The van der Waals surface area contributed by atoms with Crippen molar-refractivity contribution in [3.8, 4) is 39.2 Å². The topological polar surface area (TPSA) is 24.3 Å². The third kappa shape index (κ3) is 8.19. The van der Waals surface area contributed by atoms with Gasteiger partial charge in [0.1, 0.15) is 12.5 Å². The molecule has 0 amide bonds. The largest absolute Gasteiger partial charge is 0.321 e. The molecule has 1 aliphatic heterocycles. The van der Waals surface area contributed by atoms with Gasteiger partial charge in [0.2, 0.25) is 0 Å². The number of pyridine rings is 1. The predicted molar refractivity (Wildman–Crippen MR) is 308 cm³/mol. The number of hydrogen-bond donors (Lipinski definition) is 0. The van der Waals surface area contributed by atoms with Crippen LogP contribution in [-0.4, -0.2) is 24.3 Å². The molecule has 72 heavy (non-hydrogen) atoms. The second kappa shape index (κ2) is 18.2. The van der Waals surface area contributed by atoms with E-state index in [1.165, 1.54) is 4.90 Å². The fraction of sp³-hybridized carbons (Fsp3) is 0.119. The maximum atomic E-state index is 10.3. The average Bonchev–Trinajstić information content (AvgIpc) is 1.65. The minimum Gasteiger partial charge on any atom is -0.321 e. The van der Waals surface area contributed by atoms with Crippen LogP contribution in [0.5, 0.6) is 0 Å². The van der Waals surface area contributed by atoms with Crippen LogP contribution in [0.15, 0.2) is 236 Å². The first-order chi connectivity index (χ1) is 42.9. The summed E-state index contributed by atoms with van der Waals surface area (Å²) in [5.74, 6) is 0.647. The highest BCUT2D eigenvalue weighted by molar-refractivity contribution is 6.88. The van der Waals surface area contributed by atoms with Gasteiger partial charge in [0, 0.05) is 41.9 Å². The van der Waals surface area contributed by atoms with E-state index in [4.69, 9.17) is 20.1 Å². The fourth-order valence-corrected chi connectivity index (χ4v) is 10.9. The molecule has 0 bridgehead atoms. The highest BCUT2D eigenvalue weighted by Crippen LogP contribution is 2.51. The van der Waals surface area contributed by atoms with Crippen LogP contribution in [0.3, 0.4) is 0 Å². The summed E-state index contributed by atoms with van der Waals surface area (Å²) in [6, 6.07) is 26.1. The molecule has 0 saturated heterocycles. The third-order valence-electron chi connectivity index (χ3n) is 13.5. The van der Waals surface area contributed by atoms with E-state index in [2.05, 4.69) is 56.3 Å². The van der Waals surface area contributed by atoms with E-state index in [9.17, 15) is 11.0 Å². The zero-order valence-electron chi connectivity index (χ0n) is 59.2. The van der Waals surface area contributed by atoms with Crippen molar-refractivity contribution in [3.63, 3.8) is 0 Å². The van der Waals surface area contributed by atoms with Crippen LogP contribution >= 0.6 is 0 Å². The first-order valence-corrected chi connectivity index (χ1v) is 27.2. The highest BCUT2D eigenvalue weighted by Gasteiger charge is 2.33. The van der Waals surface area contributed by atoms with E-state index >= 15 is 0 Å². The molecule has 350 valence electrons. The summed E-state index contributed by atoms with van der Waals surface area (Å²) in [4.78, 5) is 8.30. The number of anilines is 4. The number of rotatable bonds is 11. The standard InChI is InChI=1S/C67H58N4Si/c1-67(2,53-28-16-9-17-29-53)54-36-37-68-65(44-54)71-61-31-19-18-30-57(61)58-35-34-47(41-64(58)71)38-48-39-55(45-56(40-48)72(3,4)5)69-46-70(63-33-21-20-32-62(63)69)66-59(50-24-12-7-13-25-50)42-52(49-22-10-6-11-23-49)43-60(66)51-26-14-8-15-27-51/h6-37,39-45H,38,46H2,1-5H3/i6D,7D,8D,10D,11D,12D,13D,14D,15D,22D,23D,24D,25D,26D,27D,38D2,42D,43D. The van der Waals surface area contributed by atoms with Crippen LogP contribution in [0.1, 0.15) is 62.1 Å². The summed E-state index contributed by atoms with van der Waals surface area (Å²) >= 11 is 0. The first kappa shape index (κ1) is 28.6. The van der Waals surface area contributed by atoms with Gasteiger partial charge in [-0.2, -0.15) is 0 Å². The molecule has 3 heterocycles. The van der Waals surface area contributed by atoms with Crippen molar-refractivity contribution < 1.29 is 26.0 Å². The molecule has 12 rings (SSSR count). The molecule has 0 atom stereocenters. The maximum Gasteiger partial charge on any atom is 0.137 e. The molecule has 0 aliphatic carbocycles. The van der Waals surface area contributed by atoms with E-state index in [1.807, 2.05) is 77.7 Å². The van der Waals surface area contributed by atoms with Crippen molar-refractivity contribution in [1.82, 2.24) is 9.55 Å². The molecule has 0 unspecified atom stereocenters. The molecule has 0 N–H and O–H groups in total. The summed E-state index contributed by atoms with van der Waals surface area (Å²) in [7, 11) is -2.42. The van der Waals surface area contributed by atoms with Crippen LogP contribution in [-0.2, 0) is 11.8 Å². The molecule has 4 nitrogen and oxygen atoms in total. The van der Waals surface area contributed by atoms with Gasteiger partial charge in [-0.3, -0.25) is 4.57 Å².